The molecule has 0 aromatic heterocycles. The highest BCUT2D eigenvalue weighted by Gasteiger charge is 2.38. The number of carbonyl (C=O) groups excluding carboxylic acids is 4. The highest BCUT2D eigenvalue weighted by atomic mass is 16.5. The van der Waals surface area contributed by atoms with Gasteiger partial charge in [0, 0.05) is 132 Å². The van der Waals surface area contributed by atoms with E-state index in [9.17, 15) is 38.4 Å². The Labute approximate surface area is 852 Å². The molecule has 12 aromatic carbocycles. The van der Waals surface area contributed by atoms with Crippen LogP contribution >= 0.6 is 0 Å². The van der Waals surface area contributed by atoms with Gasteiger partial charge in [-0.3, -0.25) is 38.4 Å². The lowest BCUT2D eigenvalue weighted by molar-refractivity contribution is -0.138. The van der Waals surface area contributed by atoms with Crippen molar-refractivity contribution in [3.05, 3.63) is 336 Å². The molecule has 4 amide bonds. The summed E-state index contributed by atoms with van der Waals surface area (Å²) in [4.78, 5) is 103. The van der Waals surface area contributed by atoms with Gasteiger partial charge < -0.3 is 77.9 Å². The number of amides is 4. The van der Waals surface area contributed by atoms with Gasteiger partial charge in [0.25, 0.3) is 23.6 Å². The Morgan fingerprint density at radius 1 is 0.271 bits per heavy atom. The van der Waals surface area contributed by atoms with Crippen molar-refractivity contribution >= 4 is 47.5 Å². The summed E-state index contributed by atoms with van der Waals surface area (Å²) in [5, 5.41) is 35.1. The molecule has 0 spiro atoms. The van der Waals surface area contributed by atoms with E-state index >= 15 is 0 Å². The highest BCUT2D eigenvalue weighted by molar-refractivity contribution is 5.98. The second-order valence-electron chi connectivity index (χ2n) is 35.5. The lowest BCUT2D eigenvalue weighted by Crippen LogP contribution is -2.32. The molecule has 144 heavy (non-hydrogen) atoms. The summed E-state index contributed by atoms with van der Waals surface area (Å²) in [5.41, 5.74) is 11.8. The Balaban J connectivity index is 0.000000167. The minimum atomic E-state index is -2.08. The van der Waals surface area contributed by atoms with E-state index < -0.39 is 48.9 Å². The first kappa shape index (κ1) is 97.6. The number of ether oxygens (including phenoxy) is 8. The number of aliphatic carboxylic acids is 4. The predicted octanol–water partition coefficient (Wildman–Crippen LogP) is 24.8. The number of carbonyl (C=O) groups is 8. The molecule has 24 heteroatoms. The average Bonchev–Trinajstić information content (AvgIpc) is 1.60. The molecule has 0 heterocycles. The van der Waals surface area contributed by atoms with E-state index in [0.717, 1.165) is 130 Å². The summed E-state index contributed by atoms with van der Waals surface area (Å²) in [6.45, 7) is -1.96. The quantitative estimate of drug-likeness (QED) is 0.0257. The molecule has 4 N–H and O–H groups in total. The van der Waals surface area contributed by atoms with Crippen LogP contribution in [0.5, 0.6) is 46.0 Å². The van der Waals surface area contributed by atoms with Gasteiger partial charge in [0.2, 0.25) is 0 Å². The van der Waals surface area contributed by atoms with Crippen LogP contribution in [0.15, 0.2) is 291 Å². The maximum absolute atomic E-state index is 13.7. The third-order valence-corrected chi connectivity index (χ3v) is 24.7. The van der Waals surface area contributed by atoms with E-state index in [1.54, 1.807) is 111 Å². The number of rotatable bonds is 52. The molecule has 0 atom stereocenters. The molecule has 0 aliphatic heterocycles. The van der Waals surface area contributed by atoms with E-state index in [4.69, 9.17) is 66.5 Å². The van der Waals surface area contributed by atoms with Crippen LogP contribution in [-0.2, 0) is 45.3 Å². The zero-order chi connectivity index (χ0) is 107. The van der Waals surface area contributed by atoms with E-state index in [1.165, 1.54) is 9.80 Å². The van der Waals surface area contributed by atoms with Crippen molar-refractivity contribution in [2.24, 2.45) is 0 Å². The van der Waals surface area contributed by atoms with Crippen LogP contribution in [0.1, 0.15) is 226 Å². The minimum Gasteiger partial charge on any atom is -0.497 e. The van der Waals surface area contributed by atoms with Crippen LogP contribution in [0.4, 0.5) is 0 Å². The van der Waals surface area contributed by atoms with E-state index in [2.05, 4.69) is 0 Å². The monoisotopic (exact) mass is 1950 g/mol. The third kappa shape index (κ3) is 32.9. The Morgan fingerprint density at radius 2 is 0.535 bits per heavy atom. The second-order valence-corrected chi connectivity index (χ2v) is 35.5. The average molecular weight is 1960 g/mol. The number of unbranched alkanes of at least 4 members (excludes halogenated alkanes) is 8. The first-order valence-electron chi connectivity index (χ1n) is 52.4. The van der Waals surface area contributed by atoms with Gasteiger partial charge in [0.15, 0.2) is 0 Å². The number of carboxylic acid groups (broad SMARTS) is 4. The summed E-state index contributed by atoms with van der Waals surface area (Å²) in [6, 6.07) is 86.9. The molecule has 4 aliphatic rings. The second kappa shape index (κ2) is 55.3. The SMILES string of the molecule is [2H]C([2H])(c1ccccc1OCCCCCC(=O)O)N(C(=O)c1ccc(-c2cccc(OC)c2)cc1)C1CC1.[2H]C([2H])(c1ccccc1OCCCCCC(=O)O)N(C(=O)c1ccc(-c2ccccc2OC)cc1)C1CC1.[2H]C1(N(Cc2ccccc2OCCCCCC(=O)O)C(=O)c2ccc(-c3cccc(OC)c3)cc2)CC1.[2H]C1(N(Cc2ccccc2OCCCCCC(=O)O)C(=O)c2ccc(-c3ccccc3OC)cc2)CC1. The summed E-state index contributed by atoms with van der Waals surface area (Å²) < 4.78 is 99.1. The fraction of sp³-hybridized carbons (Fsp3) is 0.333. The van der Waals surface area contributed by atoms with Gasteiger partial charge in [-0.2, -0.15) is 0 Å². The summed E-state index contributed by atoms with van der Waals surface area (Å²) in [7, 11) is 6.51. The summed E-state index contributed by atoms with van der Waals surface area (Å²) >= 11 is 0. The molecule has 4 fully saturated rings. The number of nitrogens with zero attached hydrogens (tertiary/aromatic N) is 4. The number of benzene rings is 12. The fourth-order valence-corrected chi connectivity index (χ4v) is 16.2. The van der Waals surface area contributed by atoms with Gasteiger partial charge in [-0.25, -0.2) is 0 Å². The van der Waals surface area contributed by atoms with Gasteiger partial charge in [-0.05, 0) is 271 Å². The Hall–Kier alpha value is -15.2. The minimum absolute atomic E-state index is 0.122. The number of methoxy groups -OCH3 is 4. The zero-order valence-corrected chi connectivity index (χ0v) is 82.2. The number of carboxylic acids is 4. The molecular weight excluding hydrogens is 1820 g/mol. The van der Waals surface area contributed by atoms with Crippen LogP contribution < -0.4 is 37.9 Å². The van der Waals surface area contributed by atoms with Gasteiger partial charge in [0.1, 0.15) is 46.0 Å². The first-order valence-corrected chi connectivity index (χ1v) is 49.4. The Kier molecular flexibility index (Phi) is 37.5. The largest absolute Gasteiger partial charge is 0.497 e. The van der Waals surface area contributed by atoms with E-state index in [0.29, 0.717) is 160 Å². The van der Waals surface area contributed by atoms with Crippen LogP contribution in [0.3, 0.4) is 0 Å². The molecule has 4 aliphatic carbocycles. The first-order chi connectivity index (χ1) is 72.4. The van der Waals surface area contributed by atoms with Gasteiger partial charge >= 0.3 is 23.9 Å². The van der Waals surface area contributed by atoms with Crippen molar-refractivity contribution in [1.82, 2.24) is 19.6 Å². The van der Waals surface area contributed by atoms with Crippen LogP contribution in [-0.4, -0.2) is 167 Å². The number of para-hydroxylation sites is 6. The van der Waals surface area contributed by atoms with Crippen LogP contribution in [0, 0.1) is 0 Å². The standard InChI is InChI=1S/4C30H33NO5/c2*1-35-28-12-7-5-10-26(28)22-14-16-23(17-15-22)30(34)31(25-18-19-25)21-24-9-4-6-11-27(24)36-20-8-2-3-13-29(32)33;2*1-35-27-10-7-9-24(20-27)22-13-15-23(16-14-22)30(34)31(26-17-18-26)21-25-8-4-5-11-28(25)36-19-6-2-3-12-29(32)33/h2*4-7,9-12,14-17,25H,2-3,8,13,18-21H2,1H3,(H,32,33);2*4-5,7-11,13-16,20,26H,2-3,6,12,17-19,21H2,1H3,(H,32,33)/i25D;21D2;26D;21D2. The molecule has 0 saturated heterocycles. The van der Waals surface area contributed by atoms with Gasteiger partial charge in [-0.15, -0.1) is 0 Å². The van der Waals surface area contributed by atoms with Crippen molar-refractivity contribution < 1.29 is 105 Å². The topological polar surface area (TPSA) is 304 Å². The summed E-state index contributed by atoms with van der Waals surface area (Å²) in [5.74, 6) is 0.908. The van der Waals surface area contributed by atoms with Crippen molar-refractivity contribution in [2.75, 3.05) is 54.9 Å². The lowest BCUT2D eigenvalue weighted by Gasteiger charge is -2.24. The Morgan fingerprint density at radius 3 is 0.812 bits per heavy atom. The fourth-order valence-electron chi connectivity index (χ4n) is 16.2. The van der Waals surface area contributed by atoms with E-state index in [1.807, 2.05) is 218 Å². The van der Waals surface area contributed by atoms with Crippen LogP contribution in [0.2, 0.25) is 0 Å². The predicted molar refractivity (Wildman–Crippen MR) is 557 cm³/mol. The molecular formula is C120H132N4O20. The maximum atomic E-state index is 13.7. The number of hydrogen-bond donors (Lipinski definition) is 4. The van der Waals surface area contributed by atoms with E-state index in [-0.39, 0.29) is 74.5 Å². The summed E-state index contributed by atoms with van der Waals surface area (Å²) in [6.07, 6.45) is 14.3. The van der Waals surface area contributed by atoms with Crippen LogP contribution in [0.25, 0.3) is 44.5 Å². The molecule has 12 aromatic rings. The molecule has 0 unspecified atom stereocenters. The normalized spacial score (nSPS) is 13.9. The lowest BCUT2D eigenvalue weighted by atomic mass is 10.0. The molecule has 0 bridgehead atoms. The molecule has 0 radical (unpaired) electrons. The van der Waals surface area contributed by atoms with Crippen molar-refractivity contribution in [3.63, 3.8) is 0 Å². The maximum Gasteiger partial charge on any atom is 0.303 e. The van der Waals surface area contributed by atoms with Crippen molar-refractivity contribution in [3.8, 4) is 90.5 Å². The van der Waals surface area contributed by atoms with Gasteiger partial charge in [0.05, 0.1) is 63.1 Å². The molecule has 24 nitrogen and oxygen atoms in total. The Bertz CT molecular complexity index is 6520. The molecule has 752 valence electrons. The zero-order valence-electron chi connectivity index (χ0n) is 88.2. The van der Waals surface area contributed by atoms with Crippen molar-refractivity contribution in [1.29, 1.82) is 0 Å². The van der Waals surface area contributed by atoms with Gasteiger partial charge in [-0.1, -0.05) is 182 Å². The third-order valence-electron chi connectivity index (χ3n) is 24.7. The smallest absolute Gasteiger partial charge is 0.303 e. The molecule has 16 rings (SSSR count). The molecule has 4 saturated carbocycles. The number of hydrogen-bond acceptors (Lipinski definition) is 16. The highest BCUT2D eigenvalue weighted by Crippen LogP contribution is 2.40. The van der Waals surface area contributed by atoms with Crippen molar-refractivity contribution in [2.45, 2.75) is 204 Å².